The summed E-state index contributed by atoms with van der Waals surface area (Å²) < 4.78 is 38.9. The molecule has 0 saturated carbocycles. The summed E-state index contributed by atoms with van der Waals surface area (Å²) in [6.45, 7) is 2.97. The lowest BCUT2D eigenvalue weighted by atomic mass is 9.89. The topological polar surface area (TPSA) is 80.8 Å². The lowest BCUT2D eigenvalue weighted by molar-refractivity contribution is 0.0700. The highest BCUT2D eigenvalue weighted by Crippen LogP contribution is 2.33. The predicted octanol–water partition coefficient (Wildman–Crippen LogP) is 4.35. The van der Waals surface area contributed by atoms with Crippen LogP contribution in [0.25, 0.3) is 0 Å². The Labute approximate surface area is 207 Å². The third-order valence-electron chi connectivity index (χ3n) is 6.54. The van der Waals surface area contributed by atoms with Gasteiger partial charge in [0.25, 0.3) is 11.8 Å². The van der Waals surface area contributed by atoms with E-state index in [1.165, 1.54) is 11.0 Å². The summed E-state index contributed by atoms with van der Waals surface area (Å²) in [5, 5.41) is 2.94. The van der Waals surface area contributed by atoms with Gasteiger partial charge in [-0.1, -0.05) is 12.1 Å². The maximum atomic E-state index is 14.1. The Kier molecular flexibility index (Phi) is 6.54. The lowest BCUT2D eigenvalue weighted by Gasteiger charge is -2.32. The molecule has 1 N–H and O–H groups in total. The number of benzene rings is 2. The van der Waals surface area contributed by atoms with E-state index in [0.717, 1.165) is 23.4 Å². The van der Waals surface area contributed by atoms with Gasteiger partial charge >= 0.3 is 0 Å². The smallest absolute Gasteiger partial charge is 0.259 e. The summed E-state index contributed by atoms with van der Waals surface area (Å²) in [6, 6.07) is 12.5. The van der Waals surface area contributed by atoms with Gasteiger partial charge < -0.3 is 19.7 Å². The molecule has 1 aromatic heterocycles. The van der Waals surface area contributed by atoms with Crippen molar-refractivity contribution in [2.24, 2.45) is 0 Å². The summed E-state index contributed by atoms with van der Waals surface area (Å²) in [7, 11) is 0. The summed E-state index contributed by atoms with van der Waals surface area (Å²) in [5.74, 6) is -1.39. The van der Waals surface area contributed by atoms with Crippen LogP contribution in [0.2, 0.25) is 0 Å². The van der Waals surface area contributed by atoms with E-state index in [1.807, 2.05) is 25.1 Å². The van der Waals surface area contributed by atoms with Crippen molar-refractivity contribution >= 4 is 11.8 Å². The van der Waals surface area contributed by atoms with Crippen LogP contribution in [0, 0.1) is 18.6 Å². The second-order valence-electron chi connectivity index (χ2n) is 8.92. The van der Waals surface area contributed by atoms with Crippen LogP contribution < -0.4 is 14.8 Å². The van der Waals surface area contributed by atoms with Gasteiger partial charge in [-0.15, -0.1) is 0 Å². The summed E-state index contributed by atoms with van der Waals surface area (Å²) in [6.07, 6.45) is 1.06. The standard InChI is InChI=1S/C27H25F2N3O4/c1-16-5-7-19(26(33)30-14-17-6-8-22-23(13-17)36-15-35-22)25(31-16)18-9-11-32(12-10-18)27(34)24-20(28)3-2-4-21(24)29/h2-8,13,18H,9-12,14-15H2,1H3,(H,30,33). The number of ether oxygens (including phenoxy) is 2. The molecule has 2 aromatic carbocycles. The van der Waals surface area contributed by atoms with Crippen molar-refractivity contribution in [3.63, 3.8) is 0 Å². The molecular formula is C27H25F2N3O4. The molecule has 5 rings (SSSR count). The number of hydrogen-bond acceptors (Lipinski definition) is 5. The molecule has 0 atom stereocenters. The maximum Gasteiger partial charge on any atom is 0.259 e. The fourth-order valence-electron chi connectivity index (χ4n) is 4.62. The second-order valence-corrected chi connectivity index (χ2v) is 8.92. The van der Waals surface area contributed by atoms with E-state index in [4.69, 9.17) is 9.47 Å². The predicted molar refractivity (Wildman–Crippen MR) is 127 cm³/mol. The number of amides is 2. The highest BCUT2D eigenvalue weighted by atomic mass is 19.1. The summed E-state index contributed by atoms with van der Waals surface area (Å²) in [4.78, 5) is 32.0. The number of aryl methyl sites for hydroxylation is 1. The maximum absolute atomic E-state index is 14.1. The van der Waals surface area contributed by atoms with Crippen LogP contribution in [0.3, 0.4) is 0 Å². The quantitative estimate of drug-likeness (QED) is 0.572. The first-order valence-corrected chi connectivity index (χ1v) is 11.8. The van der Waals surface area contributed by atoms with Crippen LogP contribution in [0.5, 0.6) is 11.5 Å². The Morgan fingerprint density at radius 3 is 2.50 bits per heavy atom. The molecule has 2 amide bonds. The largest absolute Gasteiger partial charge is 0.454 e. The molecule has 0 spiro atoms. The highest BCUT2D eigenvalue weighted by molar-refractivity contribution is 5.96. The minimum atomic E-state index is -0.871. The molecule has 3 heterocycles. The number of likely N-dealkylation sites (tertiary alicyclic amines) is 1. The molecule has 0 radical (unpaired) electrons. The Bertz CT molecular complexity index is 1300. The molecule has 1 saturated heterocycles. The highest BCUT2D eigenvalue weighted by Gasteiger charge is 2.30. The molecule has 0 bridgehead atoms. The average Bonchev–Trinajstić information content (AvgIpc) is 3.35. The first-order valence-electron chi connectivity index (χ1n) is 11.8. The van der Waals surface area contributed by atoms with Crippen LogP contribution in [-0.4, -0.2) is 41.6 Å². The molecule has 3 aromatic rings. The van der Waals surface area contributed by atoms with Gasteiger partial charge in [0.2, 0.25) is 6.79 Å². The van der Waals surface area contributed by atoms with Crippen LogP contribution in [-0.2, 0) is 6.54 Å². The van der Waals surface area contributed by atoms with Gasteiger partial charge in [-0.25, -0.2) is 8.78 Å². The van der Waals surface area contributed by atoms with Gasteiger partial charge in [0.1, 0.15) is 17.2 Å². The third kappa shape index (κ3) is 4.73. The monoisotopic (exact) mass is 493 g/mol. The van der Waals surface area contributed by atoms with Crippen molar-refractivity contribution in [3.8, 4) is 11.5 Å². The number of nitrogens with one attached hydrogen (secondary N) is 1. The lowest BCUT2D eigenvalue weighted by Crippen LogP contribution is -2.39. The van der Waals surface area contributed by atoms with Gasteiger partial charge in [0.05, 0.1) is 11.3 Å². The molecule has 7 nitrogen and oxygen atoms in total. The van der Waals surface area contributed by atoms with Crippen molar-refractivity contribution in [1.82, 2.24) is 15.2 Å². The van der Waals surface area contributed by atoms with E-state index < -0.39 is 23.1 Å². The zero-order valence-electron chi connectivity index (χ0n) is 19.7. The van der Waals surface area contributed by atoms with Crippen molar-refractivity contribution in [2.45, 2.75) is 32.2 Å². The van der Waals surface area contributed by atoms with Crippen molar-refractivity contribution in [3.05, 3.63) is 88.2 Å². The molecule has 2 aliphatic heterocycles. The van der Waals surface area contributed by atoms with Crippen molar-refractivity contribution in [2.75, 3.05) is 19.9 Å². The second kappa shape index (κ2) is 9.93. The van der Waals surface area contributed by atoms with E-state index in [9.17, 15) is 18.4 Å². The number of fused-ring (bicyclic) bond motifs is 1. The van der Waals surface area contributed by atoms with E-state index in [0.29, 0.717) is 55.2 Å². The average molecular weight is 494 g/mol. The van der Waals surface area contributed by atoms with Crippen LogP contribution >= 0.6 is 0 Å². The minimum Gasteiger partial charge on any atom is -0.454 e. The fraction of sp³-hybridized carbons (Fsp3) is 0.296. The van der Waals surface area contributed by atoms with E-state index in [1.54, 1.807) is 12.1 Å². The number of hydrogen-bond donors (Lipinski definition) is 1. The first kappa shape index (κ1) is 23.7. The Morgan fingerprint density at radius 1 is 1.03 bits per heavy atom. The Morgan fingerprint density at radius 2 is 1.75 bits per heavy atom. The number of halogens is 2. The molecule has 36 heavy (non-hydrogen) atoms. The number of rotatable bonds is 5. The molecule has 1 fully saturated rings. The summed E-state index contributed by atoms with van der Waals surface area (Å²) in [5.41, 5.74) is 2.27. The van der Waals surface area contributed by atoms with Gasteiger partial charge in [0.15, 0.2) is 11.5 Å². The normalized spacial score (nSPS) is 15.1. The fourth-order valence-corrected chi connectivity index (χ4v) is 4.62. The van der Waals surface area contributed by atoms with Gasteiger partial charge in [-0.3, -0.25) is 14.6 Å². The molecule has 0 aliphatic carbocycles. The minimum absolute atomic E-state index is 0.0642. The molecular weight excluding hydrogens is 468 g/mol. The zero-order valence-corrected chi connectivity index (χ0v) is 19.7. The van der Waals surface area contributed by atoms with E-state index >= 15 is 0 Å². The number of nitrogens with zero attached hydrogens (tertiary/aromatic N) is 2. The Balaban J connectivity index is 1.27. The van der Waals surface area contributed by atoms with E-state index in [-0.39, 0.29) is 18.6 Å². The van der Waals surface area contributed by atoms with Crippen LogP contribution in [0.15, 0.2) is 48.5 Å². The number of aromatic nitrogens is 1. The van der Waals surface area contributed by atoms with Gasteiger partial charge in [-0.2, -0.15) is 0 Å². The van der Waals surface area contributed by atoms with Crippen LogP contribution in [0.1, 0.15) is 56.4 Å². The number of piperidine rings is 1. The number of pyridine rings is 1. The van der Waals surface area contributed by atoms with E-state index in [2.05, 4.69) is 10.3 Å². The van der Waals surface area contributed by atoms with Gasteiger partial charge in [0, 0.05) is 31.2 Å². The molecule has 9 heteroatoms. The van der Waals surface area contributed by atoms with Crippen molar-refractivity contribution < 1.29 is 27.8 Å². The van der Waals surface area contributed by atoms with Crippen molar-refractivity contribution in [1.29, 1.82) is 0 Å². The third-order valence-corrected chi connectivity index (χ3v) is 6.54. The van der Waals surface area contributed by atoms with Crippen LogP contribution in [0.4, 0.5) is 8.78 Å². The SMILES string of the molecule is Cc1ccc(C(=O)NCc2ccc3c(c2)OCO3)c(C2CCN(C(=O)c3c(F)cccc3F)CC2)n1. The van der Waals surface area contributed by atoms with Gasteiger partial charge in [-0.05, 0) is 61.7 Å². The summed E-state index contributed by atoms with van der Waals surface area (Å²) >= 11 is 0. The first-order chi connectivity index (χ1) is 17.4. The number of carbonyl (C=O) groups is 2. The molecule has 2 aliphatic rings. The molecule has 186 valence electrons. The number of carbonyl (C=O) groups excluding carboxylic acids is 2. The molecule has 0 unspecified atom stereocenters. The zero-order chi connectivity index (χ0) is 25.2. The Hall–Kier alpha value is -4.01.